The van der Waals surface area contributed by atoms with E-state index in [1.165, 1.54) is 10.9 Å². The number of nitrogens with zero attached hydrogens (tertiary/aromatic N) is 3. The summed E-state index contributed by atoms with van der Waals surface area (Å²) in [4.78, 5) is 3.95. The van der Waals surface area contributed by atoms with Crippen LogP contribution < -0.4 is 5.30 Å². The van der Waals surface area contributed by atoms with Crippen molar-refractivity contribution in [3.8, 4) is 23.4 Å². The van der Waals surface area contributed by atoms with Crippen LogP contribution in [0.5, 0.6) is 0 Å². The molecule has 37 heavy (non-hydrogen) atoms. The normalized spacial score (nSPS) is 9.35. The predicted molar refractivity (Wildman–Crippen MR) is 143 cm³/mol. The van der Waals surface area contributed by atoms with Crippen LogP contribution in [0.15, 0.2) is 91.1 Å². The molecule has 4 rings (SSSR count). The van der Waals surface area contributed by atoms with Gasteiger partial charge in [-0.25, -0.2) is 0 Å². The van der Waals surface area contributed by atoms with Crippen LogP contribution in [0.4, 0.5) is 8.78 Å². The van der Waals surface area contributed by atoms with Crippen molar-refractivity contribution in [2.45, 2.75) is 19.8 Å². The van der Waals surface area contributed by atoms with Crippen molar-refractivity contribution in [1.82, 2.24) is 4.98 Å². The van der Waals surface area contributed by atoms with Crippen molar-refractivity contribution < 1.29 is 29.8 Å². The largest absolute Gasteiger partial charge is 2.00 e. The molecule has 1 aromatic heterocycles. The molecular formula is C30H27F2N3PPt+. The minimum atomic E-state index is -0.692. The molecule has 0 unspecified atom stereocenters. The second-order valence-electron chi connectivity index (χ2n) is 7.62. The van der Waals surface area contributed by atoms with E-state index in [9.17, 15) is 8.78 Å². The summed E-state index contributed by atoms with van der Waals surface area (Å²) in [5.74, 6) is -1.29. The molecule has 190 valence electrons. The number of benzene rings is 3. The predicted octanol–water partition coefficient (Wildman–Crippen LogP) is 6.97. The van der Waals surface area contributed by atoms with Gasteiger partial charge in [-0.3, -0.25) is 8.78 Å². The van der Waals surface area contributed by atoms with Crippen molar-refractivity contribution in [3.63, 3.8) is 0 Å². The molecule has 0 radical (unpaired) electrons. The molecule has 0 aliphatic heterocycles. The molecule has 0 fully saturated rings. The third-order valence-corrected chi connectivity index (χ3v) is 7.78. The first-order valence-corrected chi connectivity index (χ1v) is 13.3. The van der Waals surface area contributed by atoms with E-state index in [1.807, 2.05) is 42.5 Å². The van der Waals surface area contributed by atoms with Gasteiger partial charge < -0.3 is 4.98 Å². The van der Waals surface area contributed by atoms with E-state index in [0.29, 0.717) is 18.5 Å². The number of halogens is 2. The van der Waals surface area contributed by atoms with Crippen LogP contribution >= 0.6 is 7.92 Å². The second kappa shape index (κ2) is 19.0. The maximum absolute atomic E-state index is 13.2. The molecule has 0 spiro atoms. The van der Waals surface area contributed by atoms with Gasteiger partial charge in [-0.15, -0.1) is 12.1 Å². The Morgan fingerprint density at radius 2 is 1.51 bits per heavy atom. The first-order chi connectivity index (χ1) is 17.5. The number of rotatable bonds is 6. The van der Waals surface area contributed by atoms with E-state index in [2.05, 4.69) is 48.3 Å². The first-order valence-electron chi connectivity index (χ1n) is 11.4. The Hall–Kier alpha value is -3.23. The molecular weight excluding hydrogens is 666 g/mol. The maximum Gasteiger partial charge on any atom is 2.00 e. The zero-order valence-corrected chi connectivity index (χ0v) is 23.7. The maximum atomic E-state index is 13.2. The number of aromatic nitrogens is 1. The summed E-state index contributed by atoms with van der Waals surface area (Å²) in [6, 6.07) is 35.0. The monoisotopic (exact) mass is 693 g/mol. The molecule has 0 amide bonds. The van der Waals surface area contributed by atoms with E-state index in [1.54, 1.807) is 24.4 Å². The number of hydrogen-bond acceptors (Lipinski definition) is 3. The van der Waals surface area contributed by atoms with Gasteiger partial charge in [0.2, 0.25) is 0 Å². The van der Waals surface area contributed by atoms with Crippen LogP contribution in [0.25, 0.3) is 11.3 Å². The SMILES string of the molecule is Cc1cc[c-]cc1.Fc1c[c-]c(-c2ccccn2)c(F)c1.N#CCC[PH+](CCC#N)c1ccccc1.[Pt+2]. The van der Waals surface area contributed by atoms with Gasteiger partial charge in [-0.2, -0.15) is 46.4 Å². The van der Waals surface area contributed by atoms with Crippen molar-refractivity contribution >= 4 is 13.2 Å². The molecule has 0 N–H and O–H groups in total. The van der Waals surface area contributed by atoms with Crippen LogP contribution in [0.2, 0.25) is 0 Å². The molecule has 0 aliphatic rings. The fraction of sp³-hybridized carbons (Fsp3) is 0.167. The zero-order valence-electron chi connectivity index (χ0n) is 20.4. The van der Waals surface area contributed by atoms with Gasteiger partial charge in [0.1, 0.15) is 0 Å². The molecule has 1 heterocycles. The molecule has 3 aromatic carbocycles. The summed E-state index contributed by atoms with van der Waals surface area (Å²) < 4.78 is 25.8. The van der Waals surface area contributed by atoms with Gasteiger partial charge >= 0.3 is 21.1 Å². The molecule has 0 aliphatic carbocycles. The third kappa shape index (κ3) is 12.5. The van der Waals surface area contributed by atoms with E-state index in [0.717, 1.165) is 24.5 Å². The average molecular weight is 694 g/mol. The minimum Gasteiger partial charge on any atom is -0.305 e. The standard InChI is InChI=1S/C12H13N2P.C11H6F2N.C7H7.Pt/c13-8-4-10-15(11-5-9-14)12-6-2-1-3-7-12;12-8-4-5-9(10(13)7-8)11-3-1-2-6-14-11;1-7-5-3-2-4-6-7;/h1-3,6-7H,4-5,10-11H2;1-4,6-7H;3-6H,1H3;/q;2*-1;+2/p+1. The number of aryl methyl sites for hydroxylation is 1. The zero-order chi connectivity index (χ0) is 26.0. The van der Waals surface area contributed by atoms with Gasteiger partial charge in [0, 0.05) is 25.8 Å². The average Bonchev–Trinajstić information content (AvgIpc) is 2.91. The van der Waals surface area contributed by atoms with Crippen LogP contribution in [-0.2, 0) is 21.1 Å². The summed E-state index contributed by atoms with van der Waals surface area (Å²) in [7, 11) is -0.692. The fourth-order valence-electron chi connectivity index (χ4n) is 3.12. The summed E-state index contributed by atoms with van der Waals surface area (Å²) in [6.07, 6.45) is 4.66. The van der Waals surface area contributed by atoms with Gasteiger partial charge in [0.15, 0.2) is 0 Å². The van der Waals surface area contributed by atoms with E-state index >= 15 is 0 Å². The molecule has 7 heteroatoms. The van der Waals surface area contributed by atoms with Gasteiger partial charge in [-0.05, 0) is 23.9 Å². The summed E-state index contributed by atoms with van der Waals surface area (Å²) in [6.45, 7) is 2.06. The minimum absolute atomic E-state index is 0. The van der Waals surface area contributed by atoms with Gasteiger partial charge in [-0.1, -0.05) is 48.9 Å². The fourth-order valence-corrected chi connectivity index (χ4v) is 5.44. The Kier molecular flexibility index (Phi) is 16.3. The van der Waals surface area contributed by atoms with E-state index in [4.69, 9.17) is 10.5 Å². The first kappa shape index (κ1) is 31.8. The van der Waals surface area contributed by atoms with Crippen LogP contribution in [-0.4, -0.2) is 17.3 Å². The molecule has 4 aromatic rings. The number of pyridine rings is 1. The Morgan fingerprint density at radius 1 is 0.892 bits per heavy atom. The number of nitriles is 2. The van der Waals surface area contributed by atoms with Gasteiger partial charge in [0.05, 0.1) is 42.6 Å². The molecule has 0 atom stereocenters. The van der Waals surface area contributed by atoms with Crippen molar-refractivity contribution in [1.29, 1.82) is 10.5 Å². The second-order valence-corrected chi connectivity index (χ2v) is 10.4. The van der Waals surface area contributed by atoms with Crippen LogP contribution in [0, 0.1) is 53.4 Å². The van der Waals surface area contributed by atoms with Crippen LogP contribution in [0.3, 0.4) is 0 Å². The topological polar surface area (TPSA) is 60.5 Å². The smallest absolute Gasteiger partial charge is 0.305 e. The number of hydrogen-bond donors (Lipinski definition) is 0. The quantitative estimate of drug-likeness (QED) is 0.162. The molecule has 0 bridgehead atoms. The Bertz CT molecular complexity index is 1230. The summed E-state index contributed by atoms with van der Waals surface area (Å²) >= 11 is 0. The van der Waals surface area contributed by atoms with Gasteiger partial charge in [0.25, 0.3) is 0 Å². The Balaban J connectivity index is 0.000000290. The molecule has 0 saturated carbocycles. The van der Waals surface area contributed by atoms with Crippen molar-refractivity contribution in [2.24, 2.45) is 0 Å². The van der Waals surface area contributed by atoms with Crippen molar-refractivity contribution in [3.05, 3.63) is 120 Å². The molecule has 0 saturated heterocycles. The van der Waals surface area contributed by atoms with Crippen LogP contribution in [0.1, 0.15) is 18.4 Å². The van der Waals surface area contributed by atoms with E-state index < -0.39 is 19.6 Å². The third-order valence-electron chi connectivity index (χ3n) is 4.92. The molecule has 3 nitrogen and oxygen atoms in total. The van der Waals surface area contributed by atoms with Crippen molar-refractivity contribution in [2.75, 3.05) is 12.3 Å². The van der Waals surface area contributed by atoms with E-state index in [-0.39, 0.29) is 26.6 Å². The summed E-state index contributed by atoms with van der Waals surface area (Å²) in [5, 5.41) is 18.5. The Labute approximate surface area is 233 Å². The summed E-state index contributed by atoms with van der Waals surface area (Å²) in [5.41, 5.74) is 1.93. The Morgan fingerprint density at radius 3 is 2.00 bits per heavy atom.